The molecule has 2 heterocycles. The van der Waals surface area contributed by atoms with Gasteiger partial charge in [0.1, 0.15) is 11.9 Å². The lowest BCUT2D eigenvalue weighted by Gasteiger charge is -2.32. The summed E-state index contributed by atoms with van der Waals surface area (Å²) in [6, 6.07) is 19.0. The molecule has 0 radical (unpaired) electrons. The first-order valence-corrected chi connectivity index (χ1v) is 8.53. The van der Waals surface area contributed by atoms with E-state index in [0.29, 0.717) is 23.9 Å². The van der Waals surface area contributed by atoms with Crippen molar-refractivity contribution in [3.8, 4) is 5.75 Å². The molecule has 2 aliphatic rings. The number of aromatic hydroxyl groups is 1. The van der Waals surface area contributed by atoms with Crippen LogP contribution in [0.1, 0.15) is 42.9 Å². The molecule has 4 rings (SSSR count). The van der Waals surface area contributed by atoms with E-state index in [9.17, 15) is 5.11 Å². The first kappa shape index (κ1) is 14.7. The van der Waals surface area contributed by atoms with Gasteiger partial charge in [-0.25, -0.2) is 0 Å². The number of hydrogen-bond acceptors (Lipinski definition) is 3. The van der Waals surface area contributed by atoms with Crippen molar-refractivity contribution in [1.82, 2.24) is 5.32 Å². The molecule has 2 bridgehead atoms. The van der Waals surface area contributed by atoms with E-state index >= 15 is 0 Å². The zero-order valence-corrected chi connectivity index (χ0v) is 13.2. The summed E-state index contributed by atoms with van der Waals surface area (Å²) < 4.78 is 6.56. The molecule has 2 N–H and O–H groups in total. The highest BCUT2D eigenvalue weighted by molar-refractivity contribution is 5.33. The second kappa shape index (κ2) is 6.34. The fraction of sp³-hybridized carbons (Fsp3) is 0.400. The summed E-state index contributed by atoms with van der Waals surface area (Å²) in [6.45, 7) is 0. The Morgan fingerprint density at radius 2 is 1.48 bits per heavy atom. The van der Waals surface area contributed by atoms with Gasteiger partial charge in [0.15, 0.2) is 0 Å². The van der Waals surface area contributed by atoms with Crippen molar-refractivity contribution in [2.24, 2.45) is 0 Å². The summed E-state index contributed by atoms with van der Waals surface area (Å²) in [5.41, 5.74) is 2.27. The van der Waals surface area contributed by atoms with Crippen LogP contribution in [0.25, 0.3) is 0 Å². The van der Waals surface area contributed by atoms with Gasteiger partial charge >= 0.3 is 0 Å². The number of nitrogens with one attached hydrogen (secondary N) is 1. The number of fused-ring (bicyclic) bond motifs is 2. The SMILES string of the molecule is Oc1ccc(C(OC2C[C@H]3CC[C@@H](C2)N3)c2ccccc2)cc1. The Hall–Kier alpha value is -1.84. The Morgan fingerprint density at radius 1 is 0.870 bits per heavy atom. The predicted molar refractivity (Wildman–Crippen MR) is 90.4 cm³/mol. The second-order valence-corrected chi connectivity index (χ2v) is 6.75. The van der Waals surface area contributed by atoms with Crippen molar-refractivity contribution in [2.45, 2.75) is 50.0 Å². The molecule has 0 aromatic heterocycles. The van der Waals surface area contributed by atoms with Crippen LogP contribution in [0.2, 0.25) is 0 Å². The topological polar surface area (TPSA) is 41.5 Å². The lowest BCUT2D eigenvalue weighted by atomic mass is 9.98. The number of benzene rings is 2. The predicted octanol–water partition coefficient (Wildman–Crippen LogP) is 3.78. The minimum absolute atomic E-state index is 0.0701. The molecule has 2 saturated heterocycles. The van der Waals surface area contributed by atoms with Crippen LogP contribution < -0.4 is 5.32 Å². The molecule has 2 aliphatic heterocycles. The summed E-state index contributed by atoms with van der Waals surface area (Å²) in [6.07, 6.45) is 4.97. The van der Waals surface area contributed by atoms with Gasteiger partial charge < -0.3 is 15.2 Å². The van der Waals surface area contributed by atoms with Crippen LogP contribution >= 0.6 is 0 Å². The minimum Gasteiger partial charge on any atom is -0.508 e. The fourth-order valence-corrected chi connectivity index (χ4v) is 3.94. The Morgan fingerprint density at radius 3 is 2.13 bits per heavy atom. The van der Waals surface area contributed by atoms with Crippen LogP contribution in [0, 0.1) is 0 Å². The molecule has 0 saturated carbocycles. The average Bonchev–Trinajstić information content (AvgIpc) is 2.93. The molecule has 3 nitrogen and oxygen atoms in total. The zero-order chi connectivity index (χ0) is 15.6. The Kier molecular flexibility index (Phi) is 4.06. The number of phenolic OH excluding ortho intramolecular Hbond substituents is 1. The van der Waals surface area contributed by atoms with Gasteiger partial charge in [-0.3, -0.25) is 0 Å². The van der Waals surface area contributed by atoms with Crippen LogP contribution in [-0.4, -0.2) is 23.3 Å². The number of hydrogen-bond donors (Lipinski definition) is 2. The maximum atomic E-state index is 9.56. The second-order valence-electron chi connectivity index (χ2n) is 6.75. The van der Waals surface area contributed by atoms with Gasteiger partial charge in [-0.2, -0.15) is 0 Å². The quantitative estimate of drug-likeness (QED) is 0.903. The number of piperidine rings is 1. The van der Waals surface area contributed by atoms with Crippen molar-refractivity contribution >= 4 is 0 Å². The summed E-state index contributed by atoms with van der Waals surface area (Å²) in [4.78, 5) is 0. The van der Waals surface area contributed by atoms with Crippen LogP contribution in [0.5, 0.6) is 5.75 Å². The van der Waals surface area contributed by atoms with E-state index < -0.39 is 0 Å². The van der Waals surface area contributed by atoms with Gasteiger partial charge in [0, 0.05) is 12.1 Å². The molecule has 120 valence electrons. The molecular formula is C20H23NO2. The van der Waals surface area contributed by atoms with Crippen LogP contribution in [0.15, 0.2) is 54.6 Å². The van der Waals surface area contributed by atoms with E-state index in [1.54, 1.807) is 12.1 Å². The summed E-state index contributed by atoms with van der Waals surface area (Å²) in [5.74, 6) is 0.292. The van der Waals surface area contributed by atoms with E-state index in [-0.39, 0.29) is 6.10 Å². The normalized spacial score (nSPS) is 27.7. The van der Waals surface area contributed by atoms with Gasteiger partial charge in [0.2, 0.25) is 0 Å². The highest BCUT2D eigenvalue weighted by Crippen LogP contribution is 2.34. The lowest BCUT2D eigenvalue weighted by molar-refractivity contribution is -0.0181. The van der Waals surface area contributed by atoms with Gasteiger partial charge in [0.25, 0.3) is 0 Å². The molecule has 2 unspecified atom stereocenters. The van der Waals surface area contributed by atoms with Gasteiger partial charge in [-0.15, -0.1) is 0 Å². The van der Waals surface area contributed by atoms with Crippen LogP contribution in [0.3, 0.4) is 0 Å². The molecule has 3 heteroatoms. The van der Waals surface area contributed by atoms with Crippen molar-refractivity contribution < 1.29 is 9.84 Å². The molecule has 23 heavy (non-hydrogen) atoms. The number of rotatable bonds is 4. The first-order valence-electron chi connectivity index (χ1n) is 8.53. The van der Waals surface area contributed by atoms with Crippen molar-refractivity contribution in [1.29, 1.82) is 0 Å². The van der Waals surface area contributed by atoms with Gasteiger partial charge in [-0.05, 0) is 48.9 Å². The Bertz CT molecular complexity index is 628. The Balaban J connectivity index is 1.59. The van der Waals surface area contributed by atoms with Crippen molar-refractivity contribution in [3.63, 3.8) is 0 Å². The molecule has 2 aromatic carbocycles. The molecule has 2 fully saturated rings. The highest BCUT2D eigenvalue weighted by Gasteiger charge is 2.35. The summed E-state index contributed by atoms with van der Waals surface area (Å²) in [7, 11) is 0. The molecule has 0 spiro atoms. The Labute approximate surface area is 137 Å². The third-order valence-electron chi connectivity index (χ3n) is 5.06. The van der Waals surface area contributed by atoms with E-state index in [2.05, 4.69) is 29.6 Å². The van der Waals surface area contributed by atoms with E-state index in [1.165, 1.54) is 18.4 Å². The standard InChI is InChI=1S/C20H23NO2/c22-18-10-6-15(7-11-18)20(14-4-2-1-3-5-14)23-19-12-16-8-9-17(13-19)21-16/h1-7,10-11,16-17,19-22H,8-9,12-13H2/t16-,17+,19?,20?. The van der Waals surface area contributed by atoms with Crippen LogP contribution in [-0.2, 0) is 4.74 Å². The third-order valence-corrected chi connectivity index (χ3v) is 5.06. The fourth-order valence-electron chi connectivity index (χ4n) is 3.94. The molecular weight excluding hydrogens is 286 g/mol. The van der Waals surface area contributed by atoms with Crippen molar-refractivity contribution in [3.05, 3.63) is 65.7 Å². The molecule has 0 aliphatic carbocycles. The maximum absolute atomic E-state index is 9.56. The minimum atomic E-state index is -0.0701. The highest BCUT2D eigenvalue weighted by atomic mass is 16.5. The maximum Gasteiger partial charge on any atom is 0.115 e. The third kappa shape index (κ3) is 3.26. The first-order chi connectivity index (χ1) is 11.3. The number of ether oxygens (including phenoxy) is 1. The van der Waals surface area contributed by atoms with E-state index in [1.807, 2.05) is 18.2 Å². The summed E-state index contributed by atoms with van der Waals surface area (Å²) in [5, 5.41) is 13.2. The van der Waals surface area contributed by atoms with Gasteiger partial charge in [-0.1, -0.05) is 42.5 Å². The average molecular weight is 309 g/mol. The monoisotopic (exact) mass is 309 g/mol. The summed E-state index contributed by atoms with van der Waals surface area (Å²) >= 11 is 0. The van der Waals surface area contributed by atoms with E-state index in [0.717, 1.165) is 18.4 Å². The lowest BCUT2D eigenvalue weighted by Crippen LogP contribution is -2.41. The number of phenols is 1. The van der Waals surface area contributed by atoms with Gasteiger partial charge in [0.05, 0.1) is 6.10 Å². The van der Waals surface area contributed by atoms with E-state index in [4.69, 9.17) is 4.74 Å². The molecule has 0 amide bonds. The largest absolute Gasteiger partial charge is 0.508 e. The van der Waals surface area contributed by atoms with Crippen LogP contribution in [0.4, 0.5) is 0 Å². The molecule has 4 atom stereocenters. The van der Waals surface area contributed by atoms with Crippen molar-refractivity contribution in [2.75, 3.05) is 0 Å². The zero-order valence-electron chi connectivity index (χ0n) is 13.2. The molecule has 2 aromatic rings. The smallest absolute Gasteiger partial charge is 0.115 e.